The normalized spacial score (nSPS) is 12.9. The van der Waals surface area contributed by atoms with E-state index in [2.05, 4.69) is 11.6 Å². The van der Waals surface area contributed by atoms with E-state index in [4.69, 9.17) is 5.73 Å². The molecule has 2 rings (SSSR count). The number of aromatic amines is 1. The summed E-state index contributed by atoms with van der Waals surface area (Å²) < 4.78 is 0. The van der Waals surface area contributed by atoms with Crippen LogP contribution in [0.25, 0.3) is 10.9 Å². The van der Waals surface area contributed by atoms with Crippen molar-refractivity contribution in [2.24, 2.45) is 5.73 Å². The van der Waals surface area contributed by atoms with E-state index in [1.807, 2.05) is 12.1 Å². The van der Waals surface area contributed by atoms with Gasteiger partial charge in [-0.25, -0.2) is 0 Å². The monoisotopic (exact) mass is 188 g/mol. The van der Waals surface area contributed by atoms with Crippen LogP contribution in [0.4, 0.5) is 0 Å². The number of nitrogens with one attached hydrogen (secondary N) is 1. The van der Waals surface area contributed by atoms with Crippen molar-refractivity contribution >= 4 is 10.9 Å². The first-order valence-electron chi connectivity index (χ1n) is 4.40. The third kappa shape index (κ3) is 1.38. The largest absolute Gasteiger partial charge is 0.508 e. The lowest BCUT2D eigenvalue weighted by atomic mass is 10.2. The van der Waals surface area contributed by atoms with Crippen molar-refractivity contribution in [3.05, 3.63) is 42.6 Å². The van der Waals surface area contributed by atoms with Gasteiger partial charge in [0.1, 0.15) is 5.75 Å². The summed E-state index contributed by atoms with van der Waals surface area (Å²) in [5, 5.41) is 10.2. The summed E-state index contributed by atoms with van der Waals surface area (Å²) >= 11 is 0. The van der Waals surface area contributed by atoms with Crippen LogP contribution in [0.3, 0.4) is 0 Å². The highest BCUT2D eigenvalue weighted by Crippen LogP contribution is 2.22. The highest BCUT2D eigenvalue weighted by atomic mass is 16.3. The molecule has 4 N–H and O–H groups in total. The molecule has 0 saturated carbocycles. The molecule has 0 aliphatic carbocycles. The number of aromatic hydroxyl groups is 1. The fourth-order valence-electron chi connectivity index (χ4n) is 1.45. The van der Waals surface area contributed by atoms with Gasteiger partial charge in [0, 0.05) is 16.6 Å². The van der Waals surface area contributed by atoms with E-state index in [0.29, 0.717) is 0 Å². The Hall–Kier alpha value is -1.74. The first kappa shape index (κ1) is 8.84. The molecule has 1 aromatic heterocycles. The van der Waals surface area contributed by atoms with Crippen LogP contribution in [-0.2, 0) is 0 Å². The van der Waals surface area contributed by atoms with Crippen molar-refractivity contribution in [2.75, 3.05) is 0 Å². The minimum atomic E-state index is -0.190. The highest BCUT2D eigenvalue weighted by Gasteiger charge is 2.05. The molecule has 0 amide bonds. The average molecular weight is 188 g/mol. The molecule has 0 saturated heterocycles. The third-order valence-electron chi connectivity index (χ3n) is 2.24. The zero-order valence-electron chi connectivity index (χ0n) is 7.70. The predicted molar refractivity (Wildman–Crippen MR) is 57.1 cm³/mol. The molecule has 1 aromatic carbocycles. The minimum absolute atomic E-state index is 0.190. The molecule has 2 aromatic rings. The molecule has 72 valence electrons. The molecule has 0 aliphatic rings. The van der Waals surface area contributed by atoms with E-state index in [-0.39, 0.29) is 11.8 Å². The second-order valence-corrected chi connectivity index (χ2v) is 3.26. The van der Waals surface area contributed by atoms with E-state index in [0.717, 1.165) is 16.6 Å². The van der Waals surface area contributed by atoms with Gasteiger partial charge in [0.15, 0.2) is 0 Å². The van der Waals surface area contributed by atoms with Crippen LogP contribution < -0.4 is 5.73 Å². The Morgan fingerprint density at radius 2 is 2.21 bits per heavy atom. The van der Waals surface area contributed by atoms with Gasteiger partial charge < -0.3 is 15.8 Å². The number of hydrogen-bond donors (Lipinski definition) is 3. The van der Waals surface area contributed by atoms with Gasteiger partial charge in [-0.2, -0.15) is 0 Å². The average Bonchev–Trinajstić information content (AvgIpc) is 2.59. The van der Waals surface area contributed by atoms with Crippen LogP contribution in [0.1, 0.15) is 11.7 Å². The van der Waals surface area contributed by atoms with E-state index in [1.165, 1.54) is 0 Å². The smallest absolute Gasteiger partial charge is 0.116 e. The maximum atomic E-state index is 9.27. The Balaban J connectivity index is 2.56. The lowest BCUT2D eigenvalue weighted by molar-refractivity contribution is 0.476. The third-order valence-corrected chi connectivity index (χ3v) is 2.24. The van der Waals surface area contributed by atoms with Crippen LogP contribution in [0.15, 0.2) is 36.9 Å². The summed E-state index contributed by atoms with van der Waals surface area (Å²) in [7, 11) is 0. The van der Waals surface area contributed by atoms with Gasteiger partial charge in [-0.1, -0.05) is 6.08 Å². The first-order chi connectivity index (χ1) is 6.70. The Morgan fingerprint density at radius 3 is 2.93 bits per heavy atom. The maximum absolute atomic E-state index is 9.27. The van der Waals surface area contributed by atoms with Crippen molar-refractivity contribution < 1.29 is 5.11 Å². The number of phenolic OH excluding ortho intramolecular Hbond substituents is 1. The van der Waals surface area contributed by atoms with E-state index in [9.17, 15) is 5.11 Å². The molecule has 0 bridgehead atoms. The number of benzene rings is 1. The predicted octanol–water partition coefficient (Wildman–Crippen LogP) is 2.06. The van der Waals surface area contributed by atoms with Gasteiger partial charge in [0.25, 0.3) is 0 Å². The molecule has 3 heteroatoms. The van der Waals surface area contributed by atoms with Crippen molar-refractivity contribution in [1.29, 1.82) is 0 Å². The fraction of sp³-hybridized carbons (Fsp3) is 0.0909. The van der Waals surface area contributed by atoms with Crippen LogP contribution in [0, 0.1) is 0 Å². The van der Waals surface area contributed by atoms with Gasteiger partial charge in [0.2, 0.25) is 0 Å². The summed E-state index contributed by atoms with van der Waals surface area (Å²) in [6, 6.07) is 6.89. The topological polar surface area (TPSA) is 62.0 Å². The quantitative estimate of drug-likeness (QED) is 0.632. The maximum Gasteiger partial charge on any atom is 0.116 e. The van der Waals surface area contributed by atoms with Gasteiger partial charge >= 0.3 is 0 Å². The van der Waals surface area contributed by atoms with Gasteiger partial charge in [-0.3, -0.25) is 0 Å². The molecule has 0 aliphatic heterocycles. The molecule has 0 unspecified atom stereocenters. The molecule has 1 heterocycles. The second-order valence-electron chi connectivity index (χ2n) is 3.26. The van der Waals surface area contributed by atoms with Crippen molar-refractivity contribution in [2.45, 2.75) is 6.04 Å². The lowest BCUT2D eigenvalue weighted by Crippen LogP contribution is -2.06. The number of fused-ring (bicyclic) bond motifs is 1. The number of nitrogens with two attached hydrogens (primary N) is 1. The second kappa shape index (κ2) is 3.20. The van der Waals surface area contributed by atoms with Crippen molar-refractivity contribution in [1.82, 2.24) is 4.98 Å². The van der Waals surface area contributed by atoms with Crippen LogP contribution in [0.2, 0.25) is 0 Å². The molecule has 0 radical (unpaired) electrons. The Kier molecular flexibility index (Phi) is 2.02. The van der Waals surface area contributed by atoms with Crippen LogP contribution in [0.5, 0.6) is 5.75 Å². The highest BCUT2D eigenvalue weighted by molar-refractivity contribution is 5.82. The summed E-state index contributed by atoms with van der Waals surface area (Å²) in [5.41, 5.74) is 7.66. The Morgan fingerprint density at radius 1 is 1.43 bits per heavy atom. The summed E-state index contributed by atoms with van der Waals surface area (Å²) in [6.45, 7) is 3.63. The minimum Gasteiger partial charge on any atom is -0.508 e. The molecule has 3 nitrogen and oxygen atoms in total. The molecule has 0 spiro atoms. The number of rotatable bonds is 2. The Labute approximate surface area is 81.9 Å². The van der Waals surface area contributed by atoms with Gasteiger partial charge in [-0.15, -0.1) is 6.58 Å². The van der Waals surface area contributed by atoms with E-state index >= 15 is 0 Å². The summed E-state index contributed by atoms with van der Waals surface area (Å²) in [5.74, 6) is 0.259. The zero-order chi connectivity index (χ0) is 10.1. The molecule has 0 fully saturated rings. The zero-order valence-corrected chi connectivity index (χ0v) is 7.70. The fourth-order valence-corrected chi connectivity index (χ4v) is 1.45. The van der Waals surface area contributed by atoms with E-state index < -0.39 is 0 Å². The lowest BCUT2D eigenvalue weighted by Gasteiger charge is -2.00. The van der Waals surface area contributed by atoms with Crippen LogP contribution in [-0.4, -0.2) is 10.1 Å². The SMILES string of the molecule is C=C[C@@H](N)c1cc2cc(O)ccc2[nH]1. The van der Waals surface area contributed by atoms with Gasteiger partial charge in [0.05, 0.1) is 6.04 Å². The number of hydrogen-bond acceptors (Lipinski definition) is 2. The van der Waals surface area contributed by atoms with Crippen molar-refractivity contribution in [3.8, 4) is 5.75 Å². The number of H-pyrrole nitrogens is 1. The molecular formula is C11H12N2O. The summed E-state index contributed by atoms with van der Waals surface area (Å²) in [6.07, 6.45) is 1.67. The number of phenols is 1. The molecular weight excluding hydrogens is 176 g/mol. The van der Waals surface area contributed by atoms with Gasteiger partial charge in [-0.05, 0) is 24.3 Å². The number of aromatic nitrogens is 1. The standard InChI is InChI=1S/C11H12N2O/c1-2-9(12)11-6-7-5-8(14)3-4-10(7)13-11/h2-6,9,13-14H,1,12H2/t9-/m1/s1. The van der Waals surface area contributed by atoms with E-state index in [1.54, 1.807) is 18.2 Å². The van der Waals surface area contributed by atoms with Crippen molar-refractivity contribution in [3.63, 3.8) is 0 Å². The molecule has 1 atom stereocenters. The first-order valence-corrected chi connectivity index (χ1v) is 4.40. The molecule has 14 heavy (non-hydrogen) atoms. The Bertz CT molecular complexity index is 473. The van der Waals surface area contributed by atoms with Crippen LogP contribution >= 0.6 is 0 Å². The summed E-state index contributed by atoms with van der Waals surface area (Å²) in [4.78, 5) is 3.17.